The van der Waals surface area contributed by atoms with Crippen LogP contribution in [0.15, 0.2) is 27.4 Å². The molecule has 0 spiro atoms. The van der Waals surface area contributed by atoms with E-state index >= 15 is 0 Å². The highest BCUT2D eigenvalue weighted by Crippen LogP contribution is 2.67. The van der Waals surface area contributed by atoms with Crippen molar-refractivity contribution in [2.45, 2.75) is 117 Å². The maximum Gasteiger partial charge on any atom is 0.351 e. The van der Waals surface area contributed by atoms with Gasteiger partial charge in [0.05, 0.1) is 21.8 Å². The number of benzene rings is 1. The van der Waals surface area contributed by atoms with Crippen LogP contribution in [0, 0.1) is 28.6 Å². The predicted octanol–water partition coefficient (Wildman–Crippen LogP) is 5.01. The molecule has 5 aliphatic rings. The Hall–Kier alpha value is -3.89. The van der Waals surface area contributed by atoms with Gasteiger partial charge < -0.3 is 28.1 Å². The zero-order chi connectivity index (χ0) is 33.6. The largest absolute Gasteiger partial charge is 0.483 e. The third kappa shape index (κ3) is 3.31. The van der Waals surface area contributed by atoms with Crippen LogP contribution < -0.4 is 10.2 Å². The van der Waals surface area contributed by atoms with Gasteiger partial charge in [-0.25, -0.2) is 9.59 Å². The number of hydrogen-bond donors (Lipinski definition) is 0. The summed E-state index contributed by atoms with van der Waals surface area (Å²) in [7, 11) is 0. The van der Waals surface area contributed by atoms with Gasteiger partial charge in [-0.15, -0.1) is 0 Å². The molecule has 2 saturated carbocycles. The van der Waals surface area contributed by atoms with Crippen LogP contribution in [0.5, 0.6) is 5.75 Å². The van der Waals surface area contributed by atoms with Gasteiger partial charge >= 0.3 is 23.9 Å². The molecule has 3 aliphatic heterocycles. The smallest absolute Gasteiger partial charge is 0.351 e. The van der Waals surface area contributed by atoms with Gasteiger partial charge in [0, 0.05) is 16.9 Å². The molecule has 1 aromatic heterocycles. The van der Waals surface area contributed by atoms with Gasteiger partial charge in [-0.1, -0.05) is 27.7 Å². The fraction of sp³-hybridized carbons (Fsp3) is 0.629. The van der Waals surface area contributed by atoms with E-state index in [1.807, 2.05) is 27.7 Å². The van der Waals surface area contributed by atoms with E-state index in [0.717, 1.165) is 0 Å². The Morgan fingerprint density at radius 2 is 1.26 bits per heavy atom. The molecule has 2 unspecified atom stereocenters. The highest BCUT2D eigenvalue weighted by atomic mass is 16.7. The number of aryl methyl sites for hydroxylation is 1. The molecule has 46 heavy (non-hydrogen) atoms. The van der Waals surface area contributed by atoms with Crippen molar-refractivity contribution in [2.75, 3.05) is 0 Å². The number of rotatable bonds is 4. The number of ether oxygens (including phenoxy) is 5. The van der Waals surface area contributed by atoms with Gasteiger partial charge in [0.2, 0.25) is 11.2 Å². The summed E-state index contributed by atoms with van der Waals surface area (Å²) in [6.45, 7) is 15.9. The molecule has 2 aromatic rings. The second-order valence-electron chi connectivity index (χ2n) is 15.8. The summed E-state index contributed by atoms with van der Waals surface area (Å²) in [5, 5.41) is 0.217. The molecule has 4 bridgehead atoms. The summed E-state index contributed by atoms with van der Waals surface area (Å²) in [4.78, 5) is 67.9. The number of carbonyl (C=O) groups is 4. The monoisotopic (exact) mass is 636 g/mol. The third-order valence-electron chi connectivity index (χ3n) is 12.9. The van der Waals surface area contributed by atoms with Crippen molar-refractivity contribution in [1.82, 2.24) is 0 Å². The number of carbonyl (C=O) groups excluding carboxylic acids is 4. The van der Waals surface area contributed by atoms with E-state index in [4.69, 9.17) is 28.1 Å². The molecule has 11 heteroatoms. The van der Waals surface area contributed by atoms with Crippen molar-refractivity contribution in [3.8, 4) is 5.75 Å². The predicted molar refractivity (Wildman–Crippen MR) is 161 cm³/mol. The van der Waals surface area contributed by atoms with Gasteiger partial charge in [-0.3, -0.25) is 14.4 Å². The molecular weight excluding hydrogens is 596 g/mol. The van der Waals surface area contributed by atoms with Crippen LogP contribution in [0.1, 0.15) is 98.5 Å². The van der Waals surface area contributed by atoms with Crippen molar-refractivity contribution in [3.63, 3.8) is 0 Å². The molecule has 2 aliphatic carbocycles. The summed E-state index contributed by atoms with van der Waals surface area (Å²) in [6.07, 6.45) is -1.27. The van der Waals surface area contributed by atoms with Crippen LogP contribution in [-0.4, -0.2) is 46.8 Å². The van der Waals surface area contributed by atoms with E-state index in [1.54, 1.807) is 46.8 Å². The van der Waals surface area contributed by atoms with E-state index in [2.05, 4.69) is 0 Å². The Labute approximate surface area is 266 Å². The third-order valence-corrected chi connectivity index (χ3v) is 12.9. The Morgan fingerprint density at radius 3 is 1.74 bits per heavy atom. The van der Waals surface area contributed by atoms with Crippen LogP contribution in [0.3, 0.4) is 0 Å². The first-order valence-electron chi connectivity index (χ1n) is 15.8. The number of hydrogen-bond acceptors (Lipinski definition) is 11. The highest BCUT2D eigenvalue weighted by Gasteiger charge is 2.78. The lowest BCUT2D eigenvalue weighted by molar-refractivity contribution is -0.217. The molecule has 6 atom stereocenters. The maximum atomic E-state index is 14.4. The van der Waals surface area contributed by atoms with Crippen LogP contribution in [-0.2, 0) is 38.1 Å². The van der Waals surface area contributed by atoms with Crippen molar-refractivity contribution in [2.24, 2.45) is 21.7 Å². The first-order valence-corrected chi connectivity index (χ1v) is 15.8. The SMILES string of the molecule is Cc1cc(=O)c2ccc3c(c2o1)[C@@H](OC(=O)[C@@]12CCC(C)(C(=O)O1)C2(C)C)[C@@H](OC(=O)[C@@]12CCC(C)(C(=O)O1)C2(C)C)C(C)(C)O3. The lowest BCUT2D eigenvalue weighted by atomic mass is 9.66. The average molecular weight is 637 g/mol. The minimum atomic E-state index is -1.59. The van der Waals surface area contributed by atoms with Crippen LogP contribution in [0.25, 0.3) is 11.0 Å². The van der Waals surface area contributed by atoms with Gasteiger partial charge in [0.1, 0.15) is 22.7 Å². The van der Waals surface area contributed by atoms with E-state index in [9.17, 15) is 24.0 Å². The molecule has 4 fully saturated rings. The highest BCUT2D eigenvalue weighted by molar-refractivity contribution is 5.95. The van der Waals surface area contributed by atoms with E-state index < -0.39 is 74.5 Å². The number of esters is 4. The summed E-state index contributed by atoms with van der Waals surface area (Å²) in [5.41, 5.74) is -8.03. The molecule has 2 saturated heterocycles. The molecule has 7 rings (SSSR count). The maximum absolute atomic E-state index is 14.4. The first-order chi connectivity index (χ1) is 21.2. The Morgan fingerprint density at radius 1 is 0.739 bits per heavy atom. The minimum absolute atomic E-state index is 0.118. The zero-order valence-corrected chi connectivity index (χ0v) is 27.7. The molecule has 11 nitrogen and oxygen atoms in total. The van der Waals surface area contributed by atoms with Gasteiger partial charge in [0.25, 0.3) is 0 Å². The topological polar surface area (TPSA) is 145 Å². The van der Waals surface area contributed by atoms with E-state index in [-0.39, 0.29) is 40.6 Å². The van der Waals surface area contributed by atoms with Crippen molar-refractivity contribution in [3.05, 3.63) is 39.7 Å². The standard InChI is InChI=1S/C35H40O11/c1-17-16-19(36)18-10-11-20-21(22(18)41-17)23(42-27(39)34-14-12-32(8,25(37)45-34)30(34,4)5)24(29(2,3)44-20)43-28(40)35-15-13-33(9,26(38)46-35)31(35,6)7/h10-11,16,23-24H,12-15H2,1-9H3/t23-,24-,32?,33?,34-,35-/m1/s1. The van der Waals surface area contributed by atoms with Crippen LogP contribution >= 0.6 is 0 Å². The Balaban J connectivity index is 1.37. The van der Waals surface area contributed by atoms with Crippen LogP contribution in [0.4, 0.5) is 0 Å². The second-order valence-corrected chi connectivity index (χ2v) is 15.8. The molecule has 0 N–H and O–H groups in total. The average Bonchev–Trinajstić information content (AvgIpc) is 3.42. The first kappa shape index (κ1) is 30.7. The Bertz CT molecular complexity index is 1830. The normalized spacial score (nSPS) is 37.3. The summed E-state index contributed by atoms with van der Waals surface area (Å²) in [6, 6.07) is 4.52. The molecule has 0 amide bonds. The quantitative estimate of drug-likeness (QED) is 0.330. The fourth-order valence-corrected chi connectivity index (χ4v) is 8.70. The summed E-state index contributed by atoms with van der Waals surface area (Å²) >= 11 is 0. The molecule has 4 heterocycles. The van der Waals surface area contributed by atoms with Gasteiger partial charge in [-0.05, 0) is 72.4 Å². The minimum Gasteiger partial charge on any atom is -0.483 e. The fourth-order valence-electron chi connectivity index (χ4n) is 8.70. The van der Waals surface area contributed by atoms with E-state index in [0.29, 0.717) is 18.6 Å². The van der Waals surface area contributed by atoms with Crippen molar-refractivity contribution < 1.29 is 47.3 Å². The van der Waals surface area contributed by atoms with Crippen molar-refractivity contribution >= 4 is 34.8 Å². The Kier molecular flexibility index (Phi) is 5.83. The van der Waals surface area contributed by atoms with Gasteiger partial charge in [0.15, 0.2) is 17.6 Å². The summed E-state index contributed by atoms with van der Waals surface area (Å²) in [5.74, 6) is -1.94. The van der Waals surface area contributed by atoms with Crippen LogP contribution in [0.2, 0.25) is 0 Å². The van der Waals surface area contributed by atoms with Crippen molar-refractivity contribution in [1.29, 1.82) is 0 Å². The lowest BCUT2D eigenvalue weighted by Gasteiger charge is -2.45. The molecule has 246 valence electrons. The second kappa shape index (κ2) is 8.72. The lowest BCUT2D eigenvalue weighted by Crippen LogP contribution is -2.57. The molecule has 0 radical (unpaired) electrons. The summed E-state index contributed by atoms with van der Waals surface area (Å²) < 4.78 is 36.8. The van der Waals surface area contributed by atoms with Gasteiger partial charge in [-0.2, -0.15) is 0 Å². The van der Waals surface area contributed by atoms with E-state index in [1.165, 1.54) is 6.07 Å². The molecular formula is C35H40O11. The molecule has 1 aromatic carbocycles. The zero-order valence-electron chi connectivity index (χ0n) is 27.7. The number of fused-ring (bicyclic) bond motifs is 7.